The molecule has 5 nitrogen and oxygen atoms in total. The summed E-state index contributed by atoms with van der Waals surface area (Å²) in [6.45, 7) is 4.70. The van der Waals surface area contributed by atoms with Crippen LogP contribution in [-0.2, 0) is 0 Å². The van der Waals surface area contributed by atoms with Crippen molar-refractivity contribution in [3.05, 3.63) is 21.7 Å². The first-order valence-corrected chi connectivity index (χ1v) is 7.27. The second-order valence-electron chi connectivity index (χ2n) is 4.91. The molecule has 1 aliphatic rings. The van der Waals surface area contributed by atoms with E-state index in [0.717, 1.165) is 18.1 Å². The third-order valence-corrected chi connectivity index (χ3v) is 4.27. The maximum Gasteiger partial charge on any atom is 0.258 e. The van der Waals surface area contributed by atoms with Gasteiger partial charge in [-0.3, -0.25) is 9.69 Å². The van der Waals surface area contributed by atoms with Gasteiger partial charge in [0.1, 0.15) is 5.82 Å². The van der Waals surface area contributed by atoms with Gasteiger partial charge < -0.3 is 10.1 Å². The van der Waals surface area contributed by atoms with Gasteiger partial charge in [0, 0.05) is 18.1 Å². The summed E-state index contributed by atoms with van der Waals surface area (Å²) >= 11 is 1.84. The molecule has 2 heterocycles. The molecular weight excluding hydrogens is 250 g/mol. The average molecular weight is 269 g/mol. The number of aromatic amines is 1. The van der Waals surface area contributed by atoms with Crippen molar-refractivity contribution in [2.75, 3.05) is 25.1 Å². The molecule has 0 spiro atoms. The summed E-state index contributed by atoms with van der Waals surface area (Å²) in [6, 6.07) is 0.0727. The van der Waals surface area contributed by atoms with Gasteiger partial charge in [0.25, 0.3) is 5.56 Å². The van der Waals surface area contributed by atoms with Crippen LogP contribution in [0.4, 0.5) is 0 Å². The third kappa shape index (κ3) is 2.54. The fraction of sp³-hybridized carbons (Fsp3) is 0.667. The van der Waals surface area contributed by atoms with Crippen LogP contribution >= 0.6 is 11.8 Å². The Morgan fingerprint density at radius 3 is 2.83 bits per heavy atom. The quantitative estimate of drug-likeness (QED) is 0.847. The van der Waals surface area contributed by atoms with Crippen LogP contribution in [0.2, 0.25) is 0 Å². The number of hydrogen-bond acceptors (Lipinski definition) is 5. The molecule has 0 bridgehead atoms. The molecule has 0 radical (unpaired) electrons. The first kappa shape index (κ1) is 13.4. The predicted octanol–water partition coefficient (Wildman–Crippen LogP) is 1.32. The normalized spacial score (nSPS) is 21.4. The molecule has 1 aromatic heterocycles. The summed E-state index contributed by atoms with van der Waals surface area (Å²) in [4.78, 5) is 21.1. The Morgan fingerprint density at radius 2 is 2.28 bits per heavy atom. The predicted molar refractivity (Wildman–Crippen MR) is 73.3 cm³/mol. The van der Waals surface area contributed by atoms with Crippen molar-refractivity contribution < 1.29 is 5.11 Å². The minimum atomic E-state index is -0.225. The largest absolute Gasteiger partial charge is 0.493 e. The molecular formula is C12H19N3O2S. The highest BCUT2D eigenvalue weighted by atomic mass is 32.2. The lowest BCUT2D eigenvalue weighted by Crippen LogP contribution is -2.35. The Kier molecular flexibility index (Phi) is 3.97. The maximum atomic E-state index is 12.0. The van der Waals surface area contributed by atoms with Gasteiger partial charge in [-0.15, -0.1) is 0 Å². The van der Waals surface area contributed by atoms with E-state index >= 15 is 0 Å². The van der Waals surface area contributed by atoms with E-state index in [-0.39, 0.29) is 23.4 Å². The third-order valence-electron chi connectivity index (χ3n) is 3.24. The smallest absolute Gasteiger partial charge is 0.258 e. The highest BCUT2D eigenvalue weighted by Gasteiger charge is 2.25. The number of hydrogen-bond donors (Lipinski definition) is 2. The van der Waals surface area contributed by atoms with Crippen molar-refractivity contribution in [3.8, 4) is 5.88 Å². The van der Waals surface area contributed by atoms with Crippen LogP contribution in [0.5, 0.6) is 5.88 Å². The van der Waals surface area contributed by atoms with Gasteiger partial charge in [0.05, 0.1) is 11.6 Å². The molecule has 2 rings (SSSR count). The van der Waals surface area contributed by atoms with E-state index in [0.29, 0.717) is 11.4 Å². The molecule has 1 aromatic rings. The van der Waals surface area contributed by atoms with Gasteiger partial charge in [0.15, 0.2) is 0 Å². The van der Waals surface area contributed by atoms with Gasteiger partial charge in [-0.2, -0.15) is 16.7 Å². The van der Waals surface area contributed by atoms with Gasteiger partial charge >= 0.3 is 0 Å². The first-order valence-electron chi connectivity index (χ1n) is 6.11. The fourth-order valence-corrected chi connectivity index (χ4v) is 3.36. The Labute approximate surface area is 111 Å². The van der Waals surface area contributed by atoms with Gasteiger partial charge in [-0.05, 0) is 13.0 Å². The number of aromatic hydroxyl groups is 1. The Hall–Kier alpha value is -1.01. The lowest BCUT2D eigenvalue weighted by Gasteiger charge is -2.31. The van der Waals surface area contributed by atoms with Crippen LogP contribution in [0.25, 0.3) is 0 Å². The minimum absolute atomic E-state index is 0.0336. The van der Waals surface area contributed by atoms with Crippen molar-refractivity contribution in [2.24, 2.45) is 0 Å². The number of nitrogens with zero attached hydrogens (tertiary/aromatic N) is 2. The lowest BCUT2D eigenvalue weighted by atomic mass is 10.1. The topological polar surface area (TPSA) is 69.2 Å². The lowest BCUT2D eigenvalue weighted by molar-refractivity contribution is 0.261. The second-order valence-corrected chi connectivity index (χ2v) is 6.06. The fourth-order valence-electron chi connectivity index (χ4n) is 2.14. The summed E-state index contributed by atoms with van der Waals surface area (Å²) in [7, 11) is 2.01. The highest BCUT2D eigenvalue weighted by molar-refractivity contribution is 7.99. The molecule has 1 aliphatic heterocycles. The maximum absolute atomic E-state index is 12.0. The molecule has 1 atom stereocenters. The molecule has 6 heteroatoms. The molecule has 2 N–H and O–H groups in total. The van der Waals surface area contributed by atoms with Gasteiger partial charge in [0.2, 0.25) is 5.88 Å². The van der Waals surface area contributed by atoms with Gasteiger partial charge in [-0.1, -0.05) is 13.8 Å². The summed E-state index contributed by atoms with van der Waals surface area (Å²) in [5, 5.41) is 9.90. The van der Waals surface area contributed by atoms with E-state index in [1.807, 2.05) is 32.7 Å². The number of aromatic nitrogens is 2. The van der Waals surface area contributed by atoms with Gasteiger partial charge in [-0.25, -0.2) is 0 Å². The molecule has 0 aliphatic carbocycles. The van der Waals surface area contributed by atoms with E-state index in [2.05, 4.69) is 14.9 Å². The first-order chi connectivity index (χ1) is 8.50. The number of H-pyrrole nitrogens is 1. The second kappa shape index (κ2) is 5.32. The number of rotatable bonds is 2. The average Bonchev–Trinajstić information content (AvgIpc) is 2.27. The molecule has 100 valence electrons. The Balaban J connectivity index is 2.38. The molecule has 18 heavy (non-hydrogen) atoms. The molecule has 1 unspecified atom stereocenters. The summed E-state index contributed by atoms with van der Waals surface area (Å²) in [5.41, 5.74) is 0.140. The van der Waals surface area contributed by atoms with Crippen molar-refractivity contribution in [1.29, 1.82) is 0 Å². The van der Waals surface area contributed by atoms with Crippen molar-refractivity contribution >= 4 is 11.8 Å². The van der Waals surface area contributed by atoms with Crippen LogP contribution in [0, 0.1) is 0 Å². The van der Waals surface area contributed by atoms with Crippen molar-refractivity contribution in [1.82, 2.24) is 14.9 Å². The van der Waals surface area contributed by atoms with Crippen LogP contribution < -0.4 is 5.56 Å². The van der Waals surface area contributed by atoms with Crippen molar-refractivity contribution in [2.45, 2.75) is 25.8 Å². The summed E-state index contributed by atoms with van der Waals surface area (Å²) < 4.78 is 0. The number of nitrogens with one attached hydrogen (secondary N) is 1. The van der Waals surface area contributed by atoms with E-state index in [1.54, 1.807) is 0 Å². The van der Waals surface area contributed by atoms with E-state index in [1.165, 1.54) is 0 Å². The van der Waals surface area contributed by atoms with Crippen molar-refractivity contribution in [3.63, 3.8) is 0 Å². The van der Waals surface area contributed by atoms with E-state index < -0.39 is 0 Å². The van der Waals surface area contributed by atoms with Crippen LogP contribution in [0.15, 0.2) is 4.79 Å². The van der Waals surface area contributed by atoms with E-state index in [9.17, 15) is 9.90 Å². The number of thioether (sulfide) groups is 1. The molecule has 0 saturated carbocycles. The Morgan fingerprint density at radius 1 is 1.56 bits per heavy atom. The van der Waals surface area contributed by atoms with Crippen LogP contribution in [0.3, 0.4) is 0 Å². The van der Waals surface area contributed by atoms with E-state index in [4.69, 9.17) is 0 Å². The standard InChI is InChI=1S/C12H19N3O2S/c1-7(2)9-11(16)13-10(14-12(9)17)8-6-18-5-4-15(8)3/h7-8H,4-6H2,1-3H3,(H2,13,14,16,17). The minimum Gasteiger partial charge on any atom is -0.493 e. The zero-order chi connectivity index (χ0) is 13.3. The molecule has 1 fully saturated rings. The Bertz CT molecular complexity index is 487. The van der Waals surface area contributed by atoms with Crippen LogP contribution in [0.1, 0.15) is 37.2 Å². The molecule has 1 saturated heterocycles. The summed E-state index contributed by atoms with van der Waals surface area (Å²) in [6.07, 6.45) is 0. The zero-order valence-electron chi connectivity index (χ0n) is 10.9. The SMILES string of the molecule is CC(C)c1c(O)nc(C2CSCCN2C)[nH]c1=O. The highest BCUT2D eigenvalue weighted by Crippen LogP contribution is 2.27. The zero-order valence-corrected chi connectivity index (χ0v) is 11.8. The summed E-state index contributed by atoms with van der Waals surface area (Å²) in [5.74, 6) is 2.38. The van der Waals surface area contributed by atoms with Crippen LogP contribution in [-0.4, -0.2) is 45.1 Å². The molecule has 0 amide bonds. The molecule has 0 aromatic carbocycles. The monoisotopic (exact) mass is 269 g/mol.